The highest BCUT2D eigenvalue weighted by Gasteiger charge is 2.33. The third-order valence-corrected chi connectivity index (χ3v) is 3.87. The summed E-state index contributed by atoms with van der Waals surface area (Å²) in [5.74, 6) is -1.52. The van der Waals surface area contributed by atoms with E-state index in [-0.39, 0.29) is 24.4 Å². The topological polar surface area (TPSA) is 88.1 Å². The van der Waals surface area contributed by atoms with Gasteiger partial charge in [-0.3, -0.25) is 9.59 Å². The third-order valence-electron chi connectivity index (χ3n) is 3.87. The van der Waals surface area contributed by atoms with Crippen molar-refractivity contribution >= 4 is 17.9 Å². The zero-order chi connectivity index (χ0) is 21.5. The van der Waals surface area contributed by atoms with E-state index < -0.39 is 17.5 Å². The van der Waals surface area contributed by atoms with Crippen LogP contribution in [0.25, 0.3) is 0 Å². The van der Waals surface area contributed by atoms with Gasteiger partial charge in [0.15, 0.2) is 11.5 Å². The highest BCUT2D eigenvalue weighted by atomic mass is 16.6. The summed E-state index contributed by atoms with van der Waals surface area (Å²) in [5, 5.41) is 0. The SMILES string of the molecule is C=C[C@H](COC(=O)C(C)(C)OC(C)=O)c1ccc(OC(=O)C(C)C)c(OC)c1. The predicted molar refractivity (Wildman–Crippen MR) is 103 cm³/mol. The summed E-state index contributed by atoms with van der Waals surface area (Å²) >= 11 is 0. The van der Waals surface area contributed by atoms with Gasteiger partial charge < -0.3 is 18.9 Å². The second kappa shape index (κ2) is 9.92. The van der Waals surface area contributed by atoms with Gasteiger partial charge in [0.1, 0.15) is 6.61 Å². The zero-order valence-corrected chi connectivity index (χ0v) is 17.2. The van der Waals surface area contributed by atoms with Crippen molar-refractivity contribution in [2.75, 3.05) is 13.7 Å². The lowest BCUT2D eigenvalue weighted by atomic mass is 9.99. The zero-order valence-electron chi connectivity index (χ0n) is 17.2. The minimum absolute atomic E-state index is 0.00130. The maximum absolute atomic E-state index is 12.2. The fourth-order valence-corrected chi connectivity index (χ4v) is 2.27. The summed E-state index contributed by atoms with van der Waals surface area (Å²) in [4.78, 5) is 35.1. The Balaban J connectivity index is 2.92. The van der Waals surface area contributed by atoms with Gasteiger partial charge in [-0.15, -0.1) is 6.58 Å². The molecule has 0 saturated carbocycles. The lowest BCUT2D eigenvalue weighted by Crippen LogP contribution is -2.38. The molecule has 0 aliphatic rings. The van der Waals surface area contributed by atoms with Crippen LogP contribution in [0, 0.1) is 5.92 Å². The normalized spacial score (nSPS) is 12.1. The molecule has 7 heteroatoms. The monoisotopic (exact) mass is 392 g/mol. The highest BCUT2D eigenvalue weighted by Crippen LogP contribution is 2.32. The van der Waals surface area contributed by atoms with Crippen LogP contribution in [0.2, 0.25) is 0 Å². The largest absolute Gasteiger partial charge is 0.493 e. The molecule has 154 valence electrons. The van der Waals surface area contributed by atoms with E-state index in [4.69, 9.17) is 18.9 Å². The molecule has 1 aromatic rings. The van der Waals surface area contributed by atoms with Gasteiger partial charge in [0.2, 0.25) is 5.60 Å². The van der Waals surface area contributed by atoms with Gasteiger partial charge >= 0.3 is 17.9 Å². The van der Waals surface area contributed by atoms with E-state index in [0.717, 1.165) is 5.56 Å². The summed E-state index contributed by atoms with van der Waals surface area (Å²) in [6, 6.07) is 5.05. The van der Waals surface area contributed by atoms with E-state index in [9.17, 15) is 14.4 Å². The molecule has 0 aliphatic carbocycles. The van der Waals surface area contributed by atoms with Crippen molar-refractivity contribution in [3.8, 4) is 11.5 Å². The summed E-state index contributed by atoms with van der Waals surface area (Å²) in [6.07, 6.45) is 1.63. The predicted octanol–water partition coefficient (Wildman–Crippen LogP) is 3.41. The van der Waals surface area contributed by atoms with Gasteiger partial charge in [0.05, 0.1) is 13.0 Å². The van der Waals surface area contributed by atoms with Crippen molar-refractivity contribution in [3.63, 3.8) is 0 Å². The fraction of sp³-hybridized carbons (Fsp3) is 0.476. The fourth-order valence-electron chi connectivity index (χ4n) is 2.27. The molecular formula is C21H28O7. The average molecular weight is 392 g/mol. The van der Waals surface area contributed by atoms with Crippen molar-refractivity contribution < 1.29 is 33.3 Å². The Hall–Kier alpha value is -2.83. The lowest BCUT2D eigenvalue weighted by molar-refractivity contribution is -0.177. The molecule has 1 aromatic carbocycles. The van der Waals surface area contributed by atoms with Gasteiger partial charge in [-0.05, 0) is 31.5 Å². The first-order valence-electron chi connectivity index (χ1n) is 8.90. The first kappa shape index (κ1) is 23.2. The number of hydrogen-bond acceptors (Lipinski definition) is 7. The molecule has 1 atom stereocenters. The quantitative estimate of drug-likeness (QED) is 0.361. The molecule has 0 heterocycles. The molecule has 7 nitrogen and oxygen atoms in total. The van der Waals surface area contributed by atoms with Crippen molar-refractivity contribution in [2.24, 2.45) is 5.92 Å². The lowest BCUT2D eigenvalue weighted by Gasteiger charge is -2.23. The first-order chi connectivity index (χ1) is 13.0. The Morgan fingerprint density at radius 1 is 1.18 bits per heavy atom. The Kier molecular flexibility index (Phi) is 8.22. The standard InChI is InChI=1S/C21H28O7/c1-8-15(12-26-20(24)21(5,6)28-14(4)22)16-9-10-17(18(11-16)25-7)27-19(23)13(2)3/h8-11,13,15H,1,12H2,2-7H3/t15-/m1/s1. The minimum atomic E-state index is -1.38. The van der Waals surface area contributed by atoms with Crippen molar-refractivity contribution in [1.82, 2.24) is 0 Å². The molecule has 0 spiro atoms. The minimum Gasteiger partial charge on any atom is -0.493 e. The molecular weight excluding hydrogens is 364 g/mol. The second-order valence-corrected chi connectivity index (χ2v) is 7.03. The van der Waals surface area contributed by atoms with Crippen LogP contribution in [0.5, 0.6) is 11.5 Å². The molecule has 0 amide bonds. The number of carbonyl (C=O) groups excluding carboxylic acids is 3. The molecule has 1 rings (SSSR count). The number of benzene rings is 1. The van der Waals surface area contributed by atoms with Crippen LogP contribution in [0.15, 0.2) is 30.9 Å². The summed E-state index contributed by atoms with van der Waals surface area (Å²) in [5.41, 5.74) is -0.626. The number of rotatable bonds is 9. The van der Waals surface area contributed by atoms with E-state index in [1.807, 2.05) is 0 Å². The second-order valence-electron chi connectivity index (χ2n) is 7.03. The van der Waals surface area contributed by atoms with E-state index >= 15 is 0 Å². The van der Waals surface area contributed by atoms with Crippen LogP contribution in [-0.2, 0) is 23.9 Å². The Bertz CT molecular complexity index is 734. The van der Waals surface area contributed by atoms with Crippen LogP contribution < -0.4 is 9.47 Å². The van der Waals surface area contributed by atoms with Crippen LogP contribution >= 0.6 is 0 Å². The summed E-state index contributed by atoms with van der Waals surface area (Å²) in [6.45, 7) is 11.4. The maximum atomic E-state index is 12.2. The van der Waals surface area contributed by atoms with Crippen molar-refractivity contribution in [2.45, 2.75) is 46.1 Å². The number of esters is 3. The average Bonchev–Trinajstić information content (AvgIpc) is 2.61. The van der Waals surface area contributed by atoms with Crippen LogP contribution in [0.4, 0.5) is 0 Å². The Morgan fingerprint density at radius 2 is 1.82 bits per heavy atom. The molecule has 28 heavy (non-hydrogen) atoms. The van der Waals surface area contributed by atoms with E-state index in [0.29, 0.717) is 11.5 Å². The first-order valence-corrected chi connectivity index (χ1v) is 8.90. The third kappa shape index (κ3) is 6.40. The summed E-state index contributed by atoms with van der Waals surface area (Å²) < 4.78 is 20.9. The van der Waals surface area contributed by atoms with E-state index in [1.165, 1.54) is 27.9 Å². The van der Waals surface area contributed by atoms with Gasteiger partial charge in [0, 0.05) is 12.8 Å². The number of ether oxygens (including phenoxy) is 4. The maximum Gasteiger partial charge on any atom is 0.350 e. The smallest absolute Gasteiger partial charge is 0.350 e. The molecule has 0 radical (unpaired) electrons. The van der Waals surface area contributed by atoms with Gasteiger partial charge in [-0.2, -0.15) is 0 Å². The van der Waals surface area contributed by atoms with E-state index in [1.54, 1.807) is 38.1 Å². The molecule has 0 saturated heterocycles. The van der Waals surface area contributed by atoms with Crippen LogP contribution in [0.1, 0.15) is 46.1 Å². The molecule has 0 bridgehead atoms. The van der Waals surface area contributed by atoms with Crippen molar-refractivity contribution in [1.29, 1.82) is 0 Å². The van der Waals surface area contributed by atoms with E-state index in [2.05, 4.69) is 6.58 Å². The number of carbonyl (C=O) groups is 3. The number of methoxy groups -OCH3 is 1. The van der Waals surface area contributed by atoms with Crippen molar-refractivity contribution in [3.05, 3.63) is 36.4 Å². The molecule has 0 N–H and O–H groups in total. The molecule has 0 fully saturated rings. The van der Waals surface area contributed by atoms with Crippen LogP contribution in [-0.4, -0.2) is 37.2 Å². The Labute approximate surface area is 165 Å². The molecule has 0 aromatic heterocycles. The van der Waals surface area contributed by atoms with Gasteiger partial charge in [-0.25, -0.2) is 4.79 Å². The Morgan fingerprint density at radius 3 is 2.32 bits per heavy atom. The highest BCUT2D eigenvalue weighted by molar-refractivity contribution is 5.82. The molecule has 0 unspecified atom stereocenters. The number of hydrogen-bond donors (Lipinski definition) is 0. The van der Waals surface area contributed by atoms with Gasteiger partial charge in [0.25, 0.3) is 0 Å². The molecule has 0 aliphatic heterocycles. The van der Waals surface area contributed by atoms with Gasteiger partial charge in [-0.1, -0.05) is 26.0 Å². The summed E-state index contributed by atoms with van der Waals surface area (Å²) in [7, 11) is 1.47. The van der Waals surface area contributed by atoms with Crippen LogP contribution in [0.3, 0.4) is 0 Å².